The number of halogens is 4. The maximum Gasteiger partial charge on any atom is 0.332 e. The summed E-state index contributed by atoms with van der Waals surface area (Å²) in [5.74, 6) is -5.12. The van der Waals surface area contributed by atoms with E-state index in [2.05, 4.69) is 4.84 Å². The lowest BCUT2D eigenvalue weighted by atomic mass is 10.2. The summed E-state index contributed by atoms with van der Waals surface area (Å²) in [6.07, 6.45) is 1.46. The van der Waals surface area contributed by atoms with Gasteiger partial charge in [-0.3, -0.25) is 9.63 Å². The van der Waals surface area contributed by atoms with Crippen molar-refractivity contribution in [3.8, 4) is 0 Å². The Kier molecular flexibility index (Phi) is 4.11. The van der Waals surface area contributed by atoms with Crippen LogP contribution in [-0.4, -0.2) is 36.0 Å². The lowest BCUT2D eigenvalue weighted by Gasteiger charge is -2.28. The van der Waals surface area contributed by atoms with Crippen LogP contribution in [0.15, 0.2) is 24.4 Å². The summed E-state index contributed by atoms with van der Waals surface area (Å²) < 4.78 is 48.8. The number of rotatable bonds is 5. The molecule has 1 amide bonds. The fraction of sp³-hybridized carbons (Fsp3) is 0.444. The molecule has 0 spiro atoms. The van der Waals surface area contributed by atoms with Gasteiger partial charge >= 0.3 is 12.3 Å². The molecule has 0 bridgehead atoms. The summed E-state index contributed by atoms with van der Waals surface area (Å²) in [4.78, 5) is 15.4. The highest BCUT2D eigenvalue weighted by molar-refractivity contribution is 5.82. The van der Waals surface area contributed by atoms with Gasteiger partial charge in [-0.1, -0.05) is 12.2 Å². The molecular formula is C9H10F4N2O2. The molecule has 1 aliphatic heterocycles. The van der Waals surface area contributed by atoms with Crippen molar-refractivity contribution in [3.63, 3.8) is 0 Å². The highest BCUT2D eigenvalue weighted by atomic mass is 19.3. The number of alkyl halides is 4. The summed E-state index contributed by atoms with van der Waals surface area (Å²) in [5.41, 5.74) is 4.98. The minimum Gasteiger partial charge on any atom is -0.368 e. The van der Waals surface area contributed by atoms with Gasteiger partial charge in [0.05, 0.1) is 0 Å². The number of primary amides is 1. The quantitative estimate of drug-likeness (QED) is 0.746. The molecule has 96 valence electrons. The van der Waals surface area contributed by atoms with E-state index in [1.165, 1.54) is 18.2 Å². The number of hydroxylamine groups is 2. The molecule has 2 N–H and O–H groups in total. The zero-order chi connectivity index (χ0) is 13.1. The first-order valence-electron chi connectivity index (χ1n) is 4.56. The molecule has 17 heavy (non-hydrogen) atoms. The third-order valence-corrected chi connectivity index (χ3v) is 1.93. The van der Waals surface area contributed by atoms with E-state index in [1.807, 2.05) is 0 Å². The molecule has 0 fully saturated rings. The van der Waals surface area contributed by atoms with Crippen LogP contribution in [0.1, 0.15) is 0 Å². The average molecular weight is 254 g/mol. The topological polar surface area (TPSA) is 55.6 Å². The molecule has 0 aromatic rings. The fourth-order valence-corrected chi connectivity index (χ4v) is 1.05. The molecule has 0 aromatic carbocycles. The van der Waals surface area contributed by atoms with Crippen molar-refractivity contribution in [2.45, 2.75) is 18.4 Å². The Morgan fingerprint density at radius 2 is 2.12 bits per heavy atom. The van der Waals surface area contributed by atoms with Crippen LogP contribution in [0.3, 0.4) is 0 Å². The van der Waals surface area contributed by atoms with E-state index < -0.39 is 30.9 Å². The molecule has 1 aliphatic rings. The monoisotopic (exact) mass is 254 g/mol. The SMILES string of the molecule is NC(=O)C1C=CC=CN1OCC(F)(F)C(F)F. The Morgan fingerprint density at radius 3 is 2.65 bits per heavy atom. The van der Waals surface area contributed by atoms with Gasteiger partial charge in [-0.05, 0) is 6.08 Å². The molecule has 0 saturated carbocycles. The van der Waals surface area contributed by atoms with Gasteiger partial charge in [-0.2, -0.15) is 8.78 Å². The lowest BCUT2D eigenvalue weighted by molar-refractivity contribution is -0.231. The summed E-state index contributed by atoms with van der Waals surface area (Å²) in [6, 6.07) is -1.09. The van der Waals surface area contributed by atoms with Crippen molar-refractivity contribution in [1.29, 1.82) is 0 Å². The van der Waals surface area contributed by atoms with Crippen molar-refractivity contribution in [2.24, 2.45) is 5.73 Å². The molecule has 8 heteroatoms. The van der Waals surface area contributed by atoms with Crippen LogP contribution in [0.25, 0.3) is 0 Å². The summed E-state index contributed by atoms with van der Waals surface area (Å²) in [7, 11) is 0. The van der Waals surface area contributed by atoms with E-state index in [0.29, 0.717) is 5.06 Å². The average Bonchev–Trinajstić information content (AvgIpc) is 2.26. The molecule has 1 unspecified atom stereocenters. The van der Waals surface area contributed by atoms with Crippen molar-refractivity contribution < 1.29 is 27.2 Å². The van der Waals surface area contributed by atoms with Crippen molar-refractivity contribution in [3.05, 3.63) is 24.4 Å². The summed E-state index contributed by atoms with van der Waals surface area (Å²) in [6.45, 7) is -1.54. The normalized spacial score (nSPS) is 20.1. The van der Waals surface area contributed by atoms with Gasteiger partial charge in [0.15, 0.2) is 6.04 Å². The summed E-state index contributed by atoms with van der Waals surface area (Å²) in [5, 5.41) is 0.707. The van der Waals surface area contributed by atoms with E-state index >= 15 is 0 Å². The highest BCUT2D eigenvalue weighted by Gasteiger charge is 2.42. The zero-order valence-corrected chi connectivity index (χ0v) is 8.52. The van der Waals surface area contributed by atoms with Gasteiger partial charge in [0.2, 0.25) is 5.91 Å². The number of carbonyl (C=O) groups is 1. The molecule has 1 heterocycles. The largest absolute Gasteiger partial charge is 0.368 e. The first kappa shape index (κ1) is 13.5. The third-order valence-electron chi connectivity index (χ3n) is 1.93. The van der Waals surface area contributed by atoms with Crippen LogP contribution >= 0.6 is 0 Å². The highest BCUT2D eigenvalue weighted by Crippen LogP contribution is 2.24. The van der Waals surface area contributed by atoms with Gasteiger partial charge in [0.25, 0.3) is 0 Å². The van der Waals surface area contributed by atoms with Crippen molar-refractivity contribution >= 4 is 5.91 Å². The molecule has 0 radical (unpaired) electrons. The van der Waals surface area contributed by atoms with Crippen LogP contribution in [0.4, 0.5) is 17.6 Å². The molecule has 4 nitrogen and oxygen atoms in total. The zero-order valence-electron chi connectivity index (χ0n) is 8.52. The van der Waals surface area contributed by atoms with Crippen LogP contribution in [-0.2, 0) is 9.63 Å². The second kappa shape index (κ2) is 5.17. The predicted molar refractivity (Wildman–Crippen MR) is 50.0 cm³/mol. The van der Waals surface area contributed by atoms with Crippen LogP contribution in [0.2, 0.25) is 0 Å². The summed E-state index contributed by atoms with van der Waals surface area (Å²) >= 11 is 0. The van der Waals surface area contributed by atoms with Gasteiger partial charge in [0, 0.05) is 6.20 Å². The Labute approximate surface area is 94.3 Å². The van der Waals surface area contributed by atoms with Gasteiger partial charge in [0.1, 0.15) is 6.61 Å². The molecule has 1 atom stereocenters. The number of carbonyl (C=O) groups excluding carboxylic acids is 1. The van der Waals surface area contributed by atoms with Crippen LogP contribution in [0.5, 0.6) is 0 Å². The van der Waals surface area contributed by atoms with E-state index in [9.17, 15) is 22.4 Å². The number of hydrogen-bond acceptors (Lipinski definition) is 3. The minimum atomic E-state index is -4.28. The van der Waals surface area contributed by atoms with Crippen molar-refractivity contribution in [2.75, 3.05) is 6.61 Å². The van der Waals surface area contributed by atoms with E-state index in [1.54, 1.807) is 0 Å². The predicted octanol–water partition coefficient (Wildman–Crippen LogP) is 1.06. The smallest absolute Gasteiger partial charge is 0.332 e. The van der Waals surface area contributed by atoms with E-state index in [4.69, 9.17) is 5.73 Å². The Hall–Kier alpha value is -1.57. The van der Waals surface area contributed by atoms with Gasteiger partial charge < -0.3 is 5.73 Å². The Bertz CT molecular complexity index is 344. The molecule has 0 aliphatic carbocycles. The maximum atomic E-state index is 12.6. The number of nitrogens with zero attached hydrogens (tertiary/aromatic N) is 1. The Morgan fingerprint density at radius 1 is 1.47 bits per heavy atom. The maximum absolute atomic E-state index is 12.6. The second-order valence-corrected chi connectivity index (χ2v) is 3.27. The van der Waals surface area contributed by atoms with Gasteiger partial charge in [-0.15, -0.1) is 0 Å². The first-order chi connectivity index (χ1) is 7.84. The van der Waals surface area contributed by atoms with E-state index in [0.717, 1.165) is 6.20 Å². The third kappa shape index (κ3) is 3.45. The molecule has 0 aromatic heterocycles. The molecule has 1 rings (SSSR count). The first-order valence-corrected chi connectivity index (χ1v) is 4.56. The number of hydrogen-bond donors (Lipinski definition) is 1. The van der Waals surface area contributed by atoms with Gasteiger partial charge in [-0.25, -0.2) is 13.8 Å². The lowest BCUT2D eigenvalue weighted by Crippen LogP contribution is -2.44. The van der Waals surface area contributed by atoms with E-state index in [-0.39, 0.29) is 0 Å². The molecule has 0 saturated heterocycles. The molecular weight excluding hydrogens is 244 g/mol. The number of amides is 1. The Balaban J connectivity index is 2.59. The van der Waals surface area contributed by atoms with Crippen LogP contribution in [0, 0.1) is 0 Å². The fourth-order valence-electron chi connectivity index (χ4n) is 1.05. The minimum absolute atomic E-state index is 0.707. The number of allylic oxidation sites excluding steroid dienone is 2. The second-order valence-electron chi connectivity index (χ2n) is 3.27. The standard InChI is InChI=1S/C9H10F4N2O2/c10-8(11)9(12,13)5-17-15-4-2-1-3-6(15)7(14)16/h1-4,6,8H,5H2,(H2,14,16). The van der Waals surface area contributed by atoms with Crippen molar-refractivity contribution in [1.82, 2.24) is 5.06 Å². The van der Waals surface area contributed by atoms with Crippen LogP contribution < -0.4 is 5.73 Å². The number of nitrogens with two attached hydrogens (primary N) is 1.